The highest BCUT2D eigenvalue weighted by atomic mass is 35.5. The lowest BCUT2D eigenvalue weighted by Crippen LogP contribution is -2.24. The molecule has 0 aromatic heterocycles. The zero-order valence-corrected chi connectivity index (χ0v) is 8.16. The summed E-state index contributed by atoms with van der Waals surface area (Å²) in [7, 11) is 0. The molecule has 0 heterocycles. The van der Waals surface area contributed by atoms with Crippen LogP contribution in [0.3, 0.4) is 0 Å². The molecule has 0 radical (unpaired) electrons. The van der Waals surface area contributed by atoms with Crippen LogP contribution in [-0.4, -0.2) is 11.1 Å². The van der Waals surface area contributed by atoms with E-state index in [2.05, 4.69) is 0 Å². The van der Waals surface area contributed by atoms with Crippen LogP contribution in [-0.2, 0) is 11.2 Å². The first-order chi connectivity index (χ1) is 6.61. The number of carbonyl (C=O) groups is 1. The van der Waals surface area contributed by atoms with E-state index in [0.717, 1.165) is 11.1 Å². The average molecular weight is 212 g/mol. The van der Waals surface area contributed by atoms with Gasteiger partial charge in [-0.15, -0.1) is 0 Å². The Morgan fingerprint density at radius 1 is 1.57 bits per heavy atom. The normalized spacial score (nSPS) is 24.7. The molecular weight excluding hydrogens is 202 g/mol. The maximum absolute atomic E-state index is 10.9. The lowest BCUT2D eigenvalue weighted by Gasteiger charge is -2.10. The standard InChI is InChI=1S/C10H10ClNO2/c11-8-3-1-2-5-6(8)4-7(9(5)12)10(13)14/h1-3,7,9H,4,12H2,(H,13,14). The second-order valence-corrected chi connectivity index (χ2v) is 3.89. The van der Waals surface area contributed by atoms with Crippen molar-refractivity contribution in [3.8, 4) is 0 Å². The Morgan fingerprint density at radius 2 is 2.29 bits per heavy atom. The summed E-state index contributed by atoms with van der Waals surface area (Å²) < 4.78 is 0. The van der Waals surface area contributed by atoms with Gasteiger partial charge in [0.05, 0.1) is 5.92 Å². The largest absolute Gasteiger partial charge is 0.481 e. The molecule has 0 aliphatic heterocycles. The lowest BCUT2D eigenvalue weighted by atomic mass is 10.0. The summed E-state index contributed by atoms with van der Waals surface area (Å²) in [4.78, 5) is 10.9. The summed E-state index contributed by atoms with van der Waals surface area (Å²) in [6.07, 6.45) is 0.436. The number of benzene rings is 1. The highest BCUT2D eigenvalue weighted by Crippen LogP contribution is 2.37. The van der Waals surface area contributed by atoms with Crippen molar-refractivity contribution in [3.05, 3.63) is 34.3 Å². The van der Waals surface area contributed by atoms with Crippen molar-refractivity contribution < 1.29 is 9.90 Å². The van der Waals surface area contributed by atoms with E-state index < -0.39 is 17.9 Å². The zero-order valence-electron chi connectivity index (χ0n) is 7.40. The van der Waals surface area contributed by atoms with E-state index in [4.69, 9.17) is 22.4 Å². The van der Waals surface area contributed by atoms with E-state index >= 15 is 0 Å². The molecule has 0 saturated carbocycles. The molecule has 1 aliphatic carbocycles. The molecule has 0 amide bonds. The molecule has 2 rings (SSSR count). The number of hydrogen-bond donors (Lipinski definition) is 2. The predicted molar refractivity (Wildman–Crippen MR) is 53.2 cm³/mol. The molecule has 1 aromatic rings. The van der Waals surface area contributed by atoms with Crippen LogP contribution in [0, 0.1) is 5.92 Å². The number of carboxylic acids is 1. The zero-order chi connectivity index (χ0) is 10.3. The maximum atomic E-state index is 10.9. The number of hydrogen-bond acceptors (Lipinski definition) is 2. The fraction of sp³-hybridized carbons (Fsp3) is 0.300. The van der Waals surface area contributed by atoms with Crippen LogP contribution in [0.2, 0.25) is 5.02 Å². The van der Waals surface area contributed by atoms with Gasteiger partial charge in [0.25, 0.3) is 0 Å². The highest BCUT2D eigenvalue weighted by Gasteiger charge is 2.35. The van der Waals surface area contributed by atoms with Crippen LogP contribution in [0.1, 0.15) is 17.2 Å². The second kappa shape index (κ2) is 3.26. The van der Waals surface area contributed by atoms with E-state index in [0.29, 0.717) is 11.4 Å². The van der Waals surface area contributed by atoms with Crippen molar-refractivity contribution in [2.24, 2.45) is 11.7 Å². The minimum Gasteiger partial charge on any atom is -0.481 e. The molecule has 3 nitrogen and oxygen atoms in total. The van der Waals surface area contributed by atoms with Gasteiger partial charge in [-0.2, -0.15) is 0 Å². The van der Waals surface area contributed by atoms with Crippen molar-refractivity contribution in [2.75, 3.05) is 0 Å². The molecule has 1 aliphatic rings. The minimum absolute atomic E-state index is 0.429. The molecule has 14 heavy (non-hydrogen) atoms. The van der Waals surface area contributed by atoms with Gasteiger partial charge >= 0.3 is 5.97 Å². The van der Waals surface area contributed by atoms with Gasteiger partial charge in [-0.1, -0.05) is 23.7 Å². The van der Waals surface area contributed by atoms with Gasteiger partial charge in [-0.3, -0.25) is 4.79 Å². The molecule has 1 aromatic carbocycles. The average Bonchev–Trinajstić information content (AvgIpc) is 2.46. The van der Waals surface area contributed by atoms with Gasteiger partial charge in [-0.25, -0.2) is 0 Å². The van der Waals surface area contributed by atoms with E-state index in [-0.39, 0.29) is 0 Å². The maximum Gasteiger partial charge on any atom is 0.308 e. The van der Waals surface area contributed by atoms with Crippen molar-refractivity contribution in [1.29, 1.82) is 0 Å². The number of halogens is 1. The smallest absolute Gasteiger partial charge is 0.308 e. The van der Waals surface area contributed by atoms with Gasteiger partial charge in [0, 0.05) is 11.1 Å². The number of nitrogens with two attached hydrogens (primary N) is 1. The third-order valence-electron chi connectivity index (χ3n) is 2.69. The first-order valence-electron chi connectivity index (χ1n) is 4.37. The molecule has 0 saturated heterocycles. The Labute approximate surface area is 86.5 Å². The molecule has 0 fully saturated rings. The lowest BCUT2D eigenvalue weighted by molar-refractivity contribution is -0.142. The first-order valence-corrected chi connectivity index (χ1v) is 4.74. The van der Waals surface area contributed by atoms with Crippen molar-refractivity contribution in [1.82, 2.24) is 0 Å². The SMILES string of the molecule is NC1c2cccc(Cl)c2CC1C(=O)O. The van der Waals surface area contributed by atoms with Crippen LogP contribution in [0.15, 0.2) is 18.2 Å². The molecule has 4 heteroatoms. The Balaban J connectivity index is 2.45. The van der Waals surface area contributed by atoms with E-state index in [9.17, 15) is 4.79 Å². The minimum atomic E-state index is -0.857. The summed E-state index contributed by atoms with van der Waals surface area (Å²) in [5, 5.41) is 9.54. The number of rotatable bonds is 1. The first kappa shape index (κ1) is 9.49. The van der Waals surface area contributed by atoms with Gasteiger partial charge in [0.2, 0.25) is 0 Å². The molecular formula is C10H10ClNO2. The summed E-state index contributed by atoms with van der Waals surface area (Å²) in [5.74, 6) is -1.39. The van der Waals surface area contributed by atoms with Gasteiger partial charge in [0.15, 0.2) is 0 Å². The van der Waals surface area contributed by atoms with Crippen LogP contribution in [0.25, 0.3) is 0 Å². The second-order valence-electron chi connectivity index (χ2n) is 3.48. The molecule has 74 valence electrons. The fourth-order valence-corrected chi connectivity index (χ4v) is 2.17. The van der Waals surface area contributed by atoms with E-state index in [1.54, 1.807) is 12.1 Å². The fourth-order valence-electron chi connectivity index (χ4n) is 1.91. The van der Waals surface area contributed by atoms with E-state index in [1.165, 1.54) is 0 Å². The number of aliphatic carboxylic acids is 1. The topological polar surface area (TPSA) is 63.3 Å². The van der Waals surface area contributed by atoms with Gasteiger partial charge in [0.1, 0.15) is 0 Å². The Hall–Kier alpha value is -1.06. The third-order valence-corrected chi connectivity index (χ3v) is 3.04. The van der Waals surface area contributed by atoms with Crippen LogP contribution in [0.5, 0.6) is 0 Å². The van der Waals surface area contributed by atoms with Crippen molar-refractivity contribution >= 4 is 17.6 Å². The third kappa shape index (κ3) is 1.29. The number of carboxylic acid groups (broad SMARTS) is 1. The molecule has 3 N–H and O–H groups in total. The summed E-state index contributed by atoms with van der Waals surface area (Å²) in [5.41, 5.74) is 7.57. The molecule has 0 bridgehead atoms. The Kier molecular flexibility index (Phi) is 2.21. The van der Waals surface area contributed by atoms with Gasteiger partial charge in [-0.05, 0) is 23.6 Å². The summed E-state index contributed by atoms with van der Waals surface area (Å²) in [6, 6.07) is 4.97. The quantitative estimate of drug-likeness (QED) is 0.742. The molecule has 2 unspecified atom stereocenters. The van der Waals surface area contributed by atoms with Crippen LogP contribution >= 0.6 is 11.6 Å². The monoisotopic (exact) mass is 211 g/mol. The van der Waals surface area contributed by atoms with Crippen LogP contribution < -0.4 is 5.73 Å². The van der Waals surface area contributed by atoms with E-state index in [1.807, 2.05) is 6.07 Å². The summed E-state index contributed by atoms with van der Waals surface area (Å²) in [6.45, 7) is 0. The Morgan fingerprint density at radius 3 is 2.86 bits per heavy atom. The van der Waals surface area contributed by atoms with Crippen molar-refractivity contribution in [3.63, 3.8) is 0 Å². The van der Waals surface area contributed by atoms with Crippen molar-refractivity contribution in [2.45, 2.75) is 12.5 Å². The van der Waals surface area contributed by atoms with Crippen LogP contribution in [0.4, 0.5) is 0 Å². The summed E-state index contributed by atoms with van der Waals surface area (Å²) >= 11 is 5.96. The molecule has 2 atom stereocenters. The molecule has 0 spiro atoms. The Bertz CT molecular complexity index is 392. The van der Waals surface area contributed by atoms with Gasteiger partial charge < -0.3 is 10.8 Å². The predicted octanol–water partition coefficient (Wildman–Crippen LogP) is 1.60. The highest BCUT2D eigenvalue weighted by molar-refractivity contribution is 6.31. The number of fused-ring (bicyclic) bond motifs is 1.